The zero-order valence-corrected chi connectivity index (χ0v) is 11.2. The Bertz CT molecular complexity index is 807. The number of carbonyl (C=O) groups excluding carboxylic acids is 1. The third-order valence-corrected chi connectivity index (χ3v) is 3.06. The highest BCUT2D eigenvalue weighted by Crippen LogP contribution is 2.24. The zero-order valence-electron chi connectivity index (χ0n) is 10.4. The van der Waals surface area contributed by atoms with E-state index < -0.39 is 22.1 Å². The first-order valence-corrected chi connectivity index (χ1v) is 7.30. The molecule has 104 valence electrons. The van der Waals surface area contributed by atoms with Gasteiger partial charge in [-0.2, -0.15) is 8.42 Å². The molecular weight excluding hydrogens is 284 g/mol. The minimum absolute atomic E-state index is 0.00368. The number of fused-ring (bicyclic) bond motifs is 1. The highest BCUT2D eigenvalue weighted by Gasteiger charge is 2.19. The number of benzene rings is 2. The minimum atomic E-state index is -3.93. The average molecular weight is 294 g/mol. The Kier molecular flexibility index (Phi) is 3.46. The summed E-state index contributed by atoms with van der Waals surface area (Å²) >= 11 is 0. The van der Waals surface area contributed by atoms with Gasteiger partial charge in [-0.15, -0.1) is 0 Å². The number of hydrogen-bond donors (Lipinski definition) is 1. The highest BCUT2D eigenvalue weighted by atomic mass is 32.2. The number of carboxylic acid groups (broad SMARTS) is 1. The summed E-state index contributed by atoms with van der Waals surface area (Å²) in [6.45, 7) is 0. The van der Waals surface area contributed by atoms with Crippen LogP contribution < -0.4 is 0 Å². The molecule has 0 saturated carbocycles. The summed E-state index contributed by atoms with van der Waals surface area (Å²) in [7, 11) is -3.93. The highest BCUT2D eigenvalue weighted by molar-refractivity contribution is 7.86. The summed E-state index contributed by atoms with van der Waals surface area (Å²) in [5.41, 5.74) is 0.0209. The first-order valence-electron chi connectivity index (χ1n) is 5.48. The van der Waals surface area contributed by atoms with E-state index in [0.29, 0.717) is 10.8 Å². The van der Waals surface area contributed by atoms with Crippen molar-refractivity contribution in [3.8, 4) is 0 Å². The summed E-state index contributed by atoms with van der Waals surface area (Å²) in [6, 6.07) is 8.78. The lowest BCUT2D eigenvalue weighted by Crippen LogP contribution is -2.12. The molecule has 0 fully saturated rings. The van der Waals surface area contributed by atoms with Crippen molar-refractivity contribution in [3.05, 3.63) is 47.5 Å². The van der Waals surface area contributed by atoms with Crippen LogP contribution in [0.1, 0.15) is 20.7 Å². The third kappa shape index (κ3) is 2.77. The van der Waals surface area contributed by atoms with Crippen molar-refractivity contribution in [2.24, 2.45) is 0 Å². The molecule has 0 amide bonds. The smallest absolute Gasteiger partial charge is 0.354 e. The van der Waals surface area contributed by atoms with Crippen LogP contribution in [0.5, 0.6) is 0 Å². The van der Waals surface area contributed by atoms with Gasteiger partial charge in [0, 0.05) is 0 Å². The van der Waals surface area contributed by atoms with Gasteiger partial charge < -0.3 is 9.29 Å². The molecule has 0 unspecified atom stereocenters. The lowest BCUT2D eigenvalue weighted by Gasteiger charge is -2.08. The van der Waals surface area contributed by atoms with E-state index in [2.05, 4.69) is 4.18 Å². The molecule has 0 bridgehead atoms. The van der Waals surface area contributed by atoms with Crippen LogP contribution in [-0.4, -0.2) is 31.7 Å². The summed E-state index contributed by atoms with van der Waals surface area (Å²) < 4.78 is 26.3. The normalized spacial score (nSPS) is 11.2. The molecule has 2 aromatic rings. The van der Waals surface area contributed by atoms with Gasteiger partial charge in [-0.1, -0.05) is 24.3 Å². The summed E-state index contributed by atoms with van der Waals surface area (Å²) in [5.74, 6) is -2.18. The third-order valence-electron chi connectivity index (χ3n) is 2.60. The molecule has 0 radical (unpaired) electrons. The van der Waals surface area contributed by atoms with E-state index >= 15 is 0 Å². The Hall–Kier alpha value is -2.41. The first kappa shape index (κ1) is 14.0. The van der Waals surface area contributed by atoms with E-state index in [9.17, 15) is 18.0 Å². The molecule has 20 heavy (non-hydrogen) atoms. The van der Waals surface area contributed by atoms with Crippen molar-refractivity contribution in [3.63, 3.8) is 0 Å². The molecule has 0 aliphatic rings. The van der Waals surface area contributed by atoms with Crippen LogP contribution in [0.15, 0.2) is 36.4 Å². The summed E-state index contributed by atoms with van der Waals surface area (Å²) in [4.78, 5) is 22.9. The van der Waals surface area contributed by atoms with Gasteiger partial charge in [0.05, 0.1) is 17.4 Å². The van der Waals surface area contributed by atoms with Crippen LogP contribution in [0.2, 0.25) is 0 Å². The number of aromatic carboxylic acids is 1. The van der Waals surface area contributed by atoms with E-state index in [1.807, 2.05) is 0 Å². The van der Waals surface area contributed by atoms with Crippen LogP contribution in [0.4, 0.5) is 0 Å². The van der Waals surface area contributed by atoms with Crippen molar-refractivity contribution in [2.75, 3.05) is 6.26 Å². The summed E-state index contributed by atoms with van der Waals surface area (Å²) in [6.07, 6.45) is 0.763. The molecular formula is C13H10O6S. The van der Waals surface area contributed by atoms with Gasteiger partial charge >= 0.3 is 22.1 Å². The van der Waals surface area contributed by atoms with E-state index in [1.54, 1.807) is 12.1 Å². The molecule has 0 saturated heterocycles. The molecule has 0 atom stereocenters. The fraction of sp³-hybridized carbons (Fsp3) is 0.0769. The average Bonchev–Trinajstić information content (AvgIpc) is 2.35. The van der Waals surface area contributed by atoms with Crippen LogP contribution in [0.3, 0.4) is 0 Å². The van der Waals surface area contributed by atoms with Gasteiger partial charge in [0.25, 0.3) is 0 Å². The molecule has 0 aliphatic carbocycles. The van der Waals surface area contributed by atoms with E-state index in [4.69, 9.17) is 5.11 Å². The van der Waals surface area contributed by atoms with Crippen molar-refractivity contribution in [2.45, 2.75) is 0 Å². The molecule has 0 aliphatic heterocycles. The Balaban J connectivity index is 2.65. The second kappa shape index (κ2) is 4.93. The molecule has 0 heterocycles. The Morgan fingerprint density at radius 1 is 1.00 bits per heavy atom. The topological polar surface area (TPSA) is 97.7 Å². The number of carboxylic acids is 1. The maximum atomic E-state index is 11.8. The van der Waals surface area contributed by atoms with Crippen molar-refractivity contribution in [1.29, 1.82) is 0 Å². The van der Waals surface area contributed by atoms with E-state index in [-0.39, 0.29) is 11.1 Å². The van der Waals surface area contributed by atoms with Crippen molar-refractivity contribution in [1.82, 2.24) is 0 Å². The molecule has 2 aromatic carbocycles. The fourth-order valence-electron chi connectivity index (χ4n) is 1.85. The molecule has 0 aromatic heterocycles. The molecule has 7 heteroatoms. The first-order chi connectivity index (χ1) is 9.29. The zero-order chi connectivity index (χ0) is 14.9. The lowest BCUT2D eigenvalue weighted by molar-refractivity contribution is 0.0695. The SMILES string of the molecule is CS(=O)(=O)OC(=O)c1ccc(C(=O)O)c2ccccc12. The molecule has 0 spiro atoms. The Morgan fingerprint density at radius 2 is 1.50 bits per heavy atom. The maximum absolute atomic E-state index is 11.8. The Labute approximate surface area is 114 Å². The lowest BCUT2D eigenvalue weighted by atomic mass is 10.00. The standard InChI is InChI=1S/C13H10O6S/c1-20(17,18)19-13(16)11-7-6-10(12(14)15)8-4-2-3-5-9(8)11/h2-7H,1H3,(H,14,15). The van der Waals surface area contributed by atoms with Gasteiger partial charge in [0.15, 0.2) is 0 Å². The van der Waals surface area contributed by atoms with Crippen LogP contribution >= 0.6 is 0 Å². The van der Waals surface area contributed by atoms with Gasteiger partial charge in [-0.25, -0.2) is 9.59 Å². The second-order valence-electron chi connectivity index (χ2n) is 4.09. The van der Waals surface area contributed by atoms with Gasteiger partial charge in [0.2, 0.25) is 0 Å². The summed E-state index contributed by atoms with van der Waals surface area (Å²) in [5, 5.41) is 9.74. The monoisotopic (exact) mass is 294 g/mol. The van der Waals surface area contributed by atoms with Crippen LogP contribution in [-0.2, 0) is 14.3 Å². The number of carbonyl (C=O) groups is 2. The van der Waals surface area contributed by atoms with Gasteiger partial charge in [-0.3, -0.25) is 0 Å². The predicted molar refractivity (Wildman–Crippen MR) is 71.2 cm³/mol. The quantitative estimate of drug-likeness (QED) is 0.864. The molecule has 2 rings (SSSR count). The molecule has 6 nitrogen and oxygen atoms in total. The van der Waals surface area contributed by atoms with Crippen LogP contribution in [0.25, 0.3) is 10.8 Å². The second-order valence-corrected chi connectivity index (χ2v) is 5.66. The number of hydrogen-bond acceptors (Lipinski definition) is 5. The minimum Gasteiger partial charge on any atom is -0.478 e. The van der Waals surface area contributed by atoms with E-state index in [0.717, 1.165) is 6.26 Å². The van der Waals surface area contributed by atoms with Crippen LogP contribution in [0, 0.1) is 0 Å². The molecule has 1 N–H and O–H groups in total. The number of rotatable bonds is 3. The fourth-order valence-corrected chi connectivity index (χ4v) is 2.21. The predicted octanol–water partition coefficient (Wildman–Crippen LogP) is 1.65. The van der Waals surface area contributed by atoms with Gasteiger partial charge in [0.1, 0.15) is 0 Å². The van der Waals surface area contributed by atoms with Crippen molar-refractivity contribution < 1.29 is 27.3 Å². The van der Waals surface area contributed by atoms with E-state index in [1.165, 1.54) is 24.3 Å². The Morgan fingerprint density at radius 3 is 2.00 bits per heavy atom. The van der Waals surface area contributed by atoms with Crippen molar-refractivity contribution >= 4 is 32.8 Å². The maximum Gasteiger partial charge on any atom is 0.354 e. The largest absolute Gasteiger partial charge is 0.478 e. The van der Waals surface area contributed by atoms with Gasteiger partial charge in [-0.05, 0) is 22.9 Å².